The summed E-state index contributed by atoms with van der Waals surface area (Å²) in [6.45, 7) is 0. The van der Waals surface area contributed by atoms with Gasteiger partial charge in [-0.15, -0.1) is 5.10 Å². The summed E-state index contributed by atoms with van der Waals surface area (Å²) >= 11 is 0. The van der Waals surface area contributed by atoms with Gasteiger partial charge in [0.05, 0.1) is 24.1 Å². The van der Waals surface area contributed by atoms with Gasteiger partial charge in [0.2, 0.25) is 11.8 Å². The number of aryl methyl sites for hydroxylation is 1. The average Bonchev–Trinajstić information content (AvgIpc) is 3.37. The van der Waals surface area contributed by atoms with Crippen molar-refractivity contribution >= 4 is 28.0 Å². The SMILES string of the molecule is COc1nc(N[C@H]2CC[C@@H](OC)CC2)nc2[nH]cc(-c3ccc4nnn(C)c4c3)c12. The van der Waals surface area contributed by atoms with E-state index < -0.39 is 0 Å². The number of hydrogen-bond donors (Lipinski definition) is 2. The monoisotopic (exact) mass is 407 g/mol. The second kappa shape index (κ2) is 7.56. The fraction of sp³-hybridized carbons (Fsp3) is 0.429. The van der Waals surface area contributed by atoms with Crippen LogP contribution in [0.4, 0.5) is 5.95 Å². The largest absolute Gasteiger partial charge is 0.480 e. The summed E-state index contributed by atoms with van der Waals surface area (Å²) in [6.07, 6.45) is 6.48. The first-order valence-corrected chi connectivity index (χ1v) is 10.2. The standard InChI is InChI=1S/C21H25N7O2/c1-28-17-10-12(4-9-16(17)26-27-28)15-11-22-19-18(15)20(30-3)25-21(24-19)23-13-5-7-14(29-2)8-6-13/h4,9-11,13-14H,5-8H2,1-3H3,(H2,22,23,24,25)/t13-,14+. The Hall–Kier alpha value is -3.20. The molecule has 0 atom stereocenters. The molecule has 2 N–H and O–H groups in total. The van der Waals surface area contributed by atoms with Crippen molar-refractivity contribution in [3.63, 3.8) is 0 Å². The summed E-state index contributed by atoms with van der Waals surface area (Å²) in [5, 5.41) is 12.6. The zero-order valence-corrected chi connectivity index (χ0v) is 17.3. The van der Waals surface area contributed by atoms with Crippen LogP contribution in [0, 0.1) is 0 Å². The predicted octanol–water partition coefficient (Wildman–Crippen LogP) is 3.28. The van der Waals surface area contributed by atoms with E-state index in [4.69, 9.17) is 14.5 Å². The van der Waals surface area contributed by atoms with Crippen LogP contribution in [0.5, 0.6) is 5.88 Å². The number of nitrogens with zero attached hydrogens (tertiary/aromatic N) is 5. The fourth-order valence-electron chi connectivity index (χ4n) is 4.26. The maximum absolute atomic E-state index is 5.65. The van der Waals surface area contributed by atoms with Crippen LogP contribution in [0.1, 0.15) is 25.7 Å². The average molecular weight is 407 g/mol. The fourth-order valence-corrected chi connectivity index (χ4v) is 4.26. The molecule has 5 rings (SSSR count). The summed E-state index contributed by atoms with van der Waals surface area (Å²) < 4.78 is 12.9. The topological polar surface area (TPSA) is 103 Å². The number of methoxy groups -OCH3 is 2. The molecule has 3 aromatic heterocycles. The molecule has 4 aromatic rings. The van der Waals surface area contributed by atoms with E-state index >= 15 is 0 Å². The van der Waals surface area contributed by atoms with Gasteiger partial charge in [-0.2, -0.15) is 9.97 Å². The third kappa shape index (κ3) is 3.24. The molecule has 9 heteroatoms. The lowest BCUT2D eigenvalue weighted by atomic mass is 9.93. The second-order valence-corrected chi connectivity index (χ2v) is 7.75. The molecule has 30 heavy (non-hydrogen) atoms. The van der Waals surface area contributed by atoms with E-state index in [0.717, 1.165) is 58.9 Å². The van der Waals surface area contributed by atoms with Gasteiger partial charge in [0.25, 0.3) is 0 Å². The van der Waals surface area contributed by atoms with Gasteiger partial charge < -0.3 is 19.8 Å². The highest BCUT2D eigenvalue weighted by atomic mass is 16.5. The number of rotatable bonds is 5. The molecule has 1 aromatic carbocycles. The van der Waals surface area contributed by atoms with Gasteiger partial charge in [-0.1, -0.05) is 11.3 Å². The molecule has 0 saturated heterocycles. The molecule has 0 unspecified atom stereocenters. The first kappa shape index (κ1) is 18.8. The molecule has 3 heterocycles. The van der Waals surface area contributed by atoms with Gasteiger partial charge in [-0.05, 0) is 43.4 Å². The molecular weight excluding hydrogens is 382 g/mol. The lowest BCUT2D eigenvalue weighted by Gasteiger charge is -2.28. The van der Waals surface area contributed by atoms with Gasteiger partial charge in [0, 0.05) is 32.0 Å². The molecule has 1 saturated carbocycles. The minimum atomic E-state index is 0.340. The number of benzene rings is 1. The molecule has 0 bridgehead atoms. The Balaban J connectivity index is 1.49. The maximum atomic E-state index is 5.65. The van der Waals surface area contributed by atoms with E-state index in [-0.39, 0.29) is 0 Å². The van der Waals surface area contributed by atoms with Crippen LogP contribution in [0.3, 0.4) is 0 Å². The Bertz CT molecular complexity index is 1190. The van der Waals surface area contributed by atoms with E-state index in [1.54, 1.807) is 18.9 Å². The highest BCUT2D eigenvalue weighted by Gasteiger charge is 2.23. The number of hydrogen-bond acceptors (Lipinski definition) is 7. The number of fused-ring (bicyclic) bond motifs is 2. The van der Waals surface area contributed by atoms with E-state index in [1.165, 1.54) is 0 Å². The Morgan fingerprint density at radius 3 is 2.73 bits per heavy atom. The van der Waals surface area contributed by atoms with E-state index in [2.05, 4.69) is 31.7 Å². The van der Waals surface area contributed by atoms with Gasteiger partial charge in [-0.25, -0.2) is 4.68 Å². The van der Waals surface area contributed by atoms with Crippen molar-refractivity contribution in [3.8, 4) is 17.0 Å². The van der Waals surface area contributed by atoms with Crippen LogP contribution in [-0.4, -0.2) is 56.3 Å². The Morgan fingerprint density at radius 1 is 1.13 bits per heavy atom. The molecule has 0 aliphatic heterocycles. The van der Waals surface area contributed by atoms with E-state index in [1.807, 2.05) is 25.4 Å². The smallest absolute Gasteiger partial charge is 0.228 e. The third-order valence-electron chi connectivity index (χ3n) is 5.95. The van der Waals surface area contributed by atoms with Gasteiger partial charge in [0.15, 0.2) is 0 Å². The Labute approximate surface area is 173 Å². The zero-order valence-electron chi connectivity index (χ0n) is 17.3. The van der Waals surface area contributed by atoms with Crippen molar-refractivity contribution in [2.45, 2.75) is 37.8 Å². The minimum absolute atomic E-state index is 0.340. The van der Waals surface area contributed by atoms with Crippen LogP contribution in [0.15, 0.2) is 24.4 Å². The molecule has 0 radical (unpaired) electrons. The highest BCUT2D eigenvalue weighted by Crippen LogP contribution is 2.35. The van der Waals surface area contributed by atoms with Crippen molar-refractivity contribution in [3.05, 3.63) is 24.4 Å². The van der Waals surface area contributed by atoms with Crippen LogP contribution in [-0.2, 0) is 11.8 Å². The molecule has 1 fully saturated rings. The summed E-state index contributed by atoms with van der Waals surface area (Å²) in [7, 11) is 5.31. The highest BCUT2D eigenvalue weighted by molar-refractivity contribution is 5.99. The summed E-state index contributed by atoms with van der Waals surface area (Å²) in [6, 6.07) is 6.40. The predicted molar refractivity (Wildman–Crippen MR) is 115 cm³/mol. The zero-order chi connectivity index (χ0) is 20.7. The Morgan fingerprint density at radius 2 is 1.97 bits per heavy atom. The minimum Gasteiger partial charge on any atom is -0.480 e. The molecule has 156 valence electrons. The van der Waals surface area contributed by atoms with E-state index in [0.29, 0.717) is 24.0 Å². The van der Waals surface area contributed by atoms with Gasteiger partial charge in [-0.3, -0.25) is 0 Å². The van der Waals surface area contributed by atoms with Gasteiger partial charge >= 0.3 is 0 Å². The lowest BCUT2D eigenvalue weighted by Crippen LogP contribution is -2.29. The number of aromatic nitrogens is 6. The number of H-pyrrole nitrogens is 1. The molecule has 0 amide bonds. The van der Waals surface area contributed by atoms with Crippen molar-refractivity contribution < 1.29 is 9.47 Å². The molecule has 1 aliphatic rings. The first-order valence-electron chi connectivity index (χ1n) is 10.2. The van der Waals surface area contributed by atoms with Crippen molar-refractivity contribution in [2.24, 2.45) is 7.05 Å². The van der Waals surface area contributed by atoms with Crippen LogP contribution in [0.2, 0.25) is 0 Å². The van der Waals surface area contributed by atoms with Crippen molar-refractivity contribution in [2.75, 3.05) is 19.5 Å². The number of anilines is 1. The van der Waals surface area contributed by atoms with Crippen LogP contribution >= 0.6 is 0 Å². The van der Waals surface area contributed by atoms with Crippen molar-refractivity contribution in [1.82, 2.24) is 29.9 Å². The maximum Gasteiger partial charge on any atom is 0.228 e. The normalized spacial score (nSPS) is 19.4. The number of ether oxygens (including phenoxy) is 2. The quantitative estimate of drug-likeness (QED) is 0.523. The van der Waals surface area contributed by atoms with Gasteiger partial charge in [0.1, 0.15) is 11.2 Å². The van der Waals surface area contributed by atoms with Crippen LogP contribution in [0.25, 0.3) is 33.2 Å². The Kier molecular flexibility index (Phi) is 4.74. The lowest BCUT2D eigenvalue weighted by molar-refractivity contribution is 0.0681. The third-order valence-corrected chi connectivity index (χ3v) is 5.95. The molecule has 9 nitrogen and oxygen atoms in total. The number of nitrogens with one attached hydrogen (secondary N) is 2. The van der Waals surface area contributed by atoms with Crippen LogP contribution < -0.4 is 10.1 Å². The summed E-state index contributed by atoms with van der Waals surface area (Å²) in [5.41, 5.74) is 4.58. The first-order chi connectivity index (χ1) is 14.7. The summed E-state index contributed by atoms with van der Waals surface area (Å²) in [5.74, 6) is 1.13. The second-order valence-electron chi connectivity index (χ2n) is 7.75. The number of aromatic amines is 1. The molecular formula is C21H25N7O2. The molecule has 0 spiro atoms. The molecule has 1 aliphatic carbocycles. The van der Waals surface area contributed by atoms with Crippen molar-refractivity contribution in [1.29, 1.82) is 0 Å². The summed E-state index contributed by atoms with van der Waals surface area (Å²) in [4.78, 5) is 12.7. The van der Waals surface area contributed by atoms with E-state index in [9.17, 15) is 0 Å².